The molecule has 0 atom stereocenters. The standard InChI is InChI=1S/C14H20ClNO2/c1-5-16-11(14(2,3)4)8-6-10(13(16)18)7-9-12(15)17/h6,8H,5,7,9H2,1-4H3. The van der Waals surface area contributed by atoms with E-state index in [2.05, 4.69) is 20.8 Å². The number of nitrogens with zero attached hydrogens (tertiary/aromatic N) is 1. The van der Waals surface area contributed by atoms with Crippen molar-refractivity contribution in [1.29, 1.82) is 0 Å². The van der Waals surface area contributed by atoms with E-state index in [0.29, 0.717) is 18.5 Å². The van der Waals surface area contributed by atoms with Crippen LogP contribution in [-0.2, 0) is 23.2 Å². The van der Waals surface area contributed by atoms with E-state index in [4.69, 9.17) is 11.6 Å². The molecule has 0 bridgehead atoms. The van der Waals surface area contributed by atoms with Crippen LogP contribution in [0.4, 0.5) is 0 Å². The second-order valence-electron chi connectivity index (χ2n) is 5.40. The number of aromatic nitrogens is 1. The van der Waals surface area contributed by atoms with Crippen molar-refractivity contribution in [1.82, 2.24) is 4.57 Å². The molecule has 0 radical (unpaired) electrons. The summed E-state index contributed by atoms with van der Waals surface area (Å²) in [6.07, 6.45) is 0.612. The summed E-state index contributed by atoms with van der Waals surface area (Å²) in [5, 5.41) is -0.405. The number of hydrogen-bond donors (Lipinski definition) is 0. The lowest BCUT2D eigenvalue weighted by Gasteiger charge is -2.24. The van der Waals surface area contributed by atoms with Crippen LogP contribution in [0.3, 0.4) is 0 Å². The fourth-order valence-electron chi connectivity index (χ4n) is 2.02. The Morgan fingerprint density at radius 2 is 1.94 bits per heavy atom. The molecule has 0 spiro atoms. The van der Waals surface area contributed by atoms with Crippen molar-refractivity contribution >= 4 is 16.8 Å². The topological polar surface area (TPSA) is 39.1 Å². The quantitative estimate of drug-likeness (QED) is 0.789. The van der Waals surface area contributed by atoms with Gasteiger partial charge < -0.3 is 4.57 Å². The molecule has 0 amide bonds. The Balaban J connectivity index is 3.21. The lowest BCUT2D eigenvalue weighted by atomic mass is 9.90. The summed E-state index contributed by atoms with van der Waals surface area (Å²) in [5.74, 6) is 0. The Morgan fingerprint density at radius 3 is 2.39 bits per heavy atom. The van der Waals surface area contributed by atoms with Gasteiger partial charge in [-0.15, -0.1) is 0 Å². The summed E-state index contributed by atoms with van der Waals surface area (Å²) in [6.45, 7) is 8.82. The zero-order valence-corrected chi connectivity index (χ0v) is 12.2. The van der Waals surface area contributed by atoms with E-state index in [-0.39, 0.29) is 17.4 Å². The third-order valence-electron chi connectivity index (χ3n) is 2.93. The summed E-state index contributed by atoms with van der Waals surface area (Å²) in [7, 11) is 0. The molecule has 100 valence electrons. The molecule has 1 heterocycles. The molecule has 1 aromatic rings. The molecular weight excluding hydrogens is 250 g/mol. The smallest absolute Gasteiger partial charge is 0.253 e. The predicted octanol–water partition coefficient (Wildman–Crippen LogP) is 2.86. The average Bonchev–Trinajstić information content (AvgIpc) is 2.25. The normalized spacial score (nSPS) is 11.6. The fraction of sp³-hybridized carbons (Fsp3) is 0.571. The summed E-state index contributed by atoms with van der Waals surface area (Å²) in [4.78, 5) is 23.1. The van der Waals surface area contributed by atoms with E-state index in [9.17, 15) is 9.59 Å². The van der Waals surface area contributed by atoms with Gasteiger partial charge >= 0.3 is 0 Å². The molecule has 18 heavy (non-hydrogen) atoms. The van der Waals surface area contributed by atoms with Crippen molar-refractivity contribution in [2.45, 2.75) is 52.5 Å². The minimum atomic E-state index is -0.405. The molecule has 4 heteroatoms. The molecule has 0 saturated heterocycles. The van der Waals surface area contributed by atoms with Crippen LogP contribution in [0, 0.1) is 0 Å². The van der Waals surface area contributed by atoms with Crippen molar-refractivity contribution in [3.8, 4) is 0 Å². The molecular formula is C14H20ClNO2. The van der Waals surface area contributed by atoms with E-state index in [1.54, 1.807) is 4.57 Å². The van der Waals surface area contributed by atoms with Crippen LogP contribution in [0.5, 0.6) is 0 Å². The molecule has 0 saturated carbocycles. The summed E-state index contributed by atoms with van der Waals surface area (Å²) in [6, 6.07) is 3.79. The Labute approximate surface area is 113 Å². The van der Waals surface area contributed by atoms with Gasteiger partial charge in [-0.3, -0.25) is 9.59 Å². The summed E-state index contributed by atoms with van der Waals surface area (Å²) < 4.78 is 1.77. The van der Waals surface area contributed by atoms with E-state index >= 15 is 0 Å². The summed E-state index contributed by atoms with van der Waals surface area (Å²) >= 11 is 5.31. The molecule has 0 aliphatic carbocycles. The van der Waals surface area contributed by atoms with Crippen molar-refractivity contribution < 1.29 is 4.79 Å². The highest BCUT2D eigenvalue weighted by Gasteiger charge is 2.19. The van der Waals surface area contributed by atoms with Gasteiger partial charge in [0.05, 0.1) is 0 Å². The molecule has 0 aromatic carbocycles. The molecule has 3 nitrogen and oxygen atoms in total. The second-order valence-corrected chi connectivity index (χ2v) is 5.82. The number of carbonyl (C=O) groups is 1. The van der Waals surface area contributed by atoms with Gasteiger partial charge in [-0.2, -0.15) is 0 Å². The van der Waals surface area contributed by atoms with Gasteiger partial charge in [0.1, 0.15) is 0 Å². The first-order chi connectivity index (χ1) is 8.27. The Hall–Kier alpha value is -1.09. The first-order valence-corrected chi connectivity index (χ1v) is 6.56. The van der Waals surface area contributed by atoms with Crippen LogP contribution in [0.25, 0.3) is 0 Å². The number of carbonyl (C=O) groups excluding carboxylic acids is 1. The van der Waals surface area contributed by atoms with Crippen LogP contribution in [0.1, 0.15) is 45.4 Å². The number of pyridine rings is 1. The van der Waals surface area contributed by atoms with Crippen molar-refractivity contribution in [3.05, 3.63) is 33.7 Å². The average molecular weight is 270 g/mol. The van der Waals surface area contributed by atoms with Crippen LogP contribution in [0.15, 0.2) is 16.9 Å². The monoisotopic (exact) mass is 269 g/mol. The minimum absolute atomic E-state index is 0.0113. The molecule has 0 N–H and O–H groups in total. The van der Waals surface area contributed by atoms with Gasteiger partial charge in [0.2, 0.25) is 5.24 Å². The SMILES string of the molecule is CCn1c(C(C)(C)C)ccc(CCC(=O)Cl)c1=O. The zero-order valence-electron chi connectivity index (χ0n) is 11.4. The van der Waals surface area contributed by atoms with Crippen LogP contribution < -0.4 is 5.56 Å². The van der Waals surface area contributed by atoms with Gasteiger partial charge in [-0.05, 0) is 31.0 Å². The van der Waals surface area contributed by atoms with Crippen LogP contribution in [0.2, 0.25) is 0 Å². The lowest BCUT2D eigenvalue weighted by Crippen LogP contribution is -2.31. The maximum Gasteiger partial charge on any atom is 0.253 e. The lowest BCUT2D eigenvalue weighted by molar-refractivity contribution is -0.111. The highest BCUT2D eigenvalue weighted by molar-refractivity contribution is 6.63. The Bertz CT molecular complexity index is 497. The molecule has 0 unspecified atom stereocenters. The van der Waals surface area contributed by atoms with Crippen molar-refractivity contribution in [2.24, 2.45) is 0 Å². The number of halogens is 1. The van der Waals surface area contributed by atoms with Gasteiger partial charge in [-0.25, -0.2) is 0 Å². The molecule has 1 rings (SSSR count). The fourth-order valence-corrected chi connectivity index (χ4v) is 2.11. The van der Waals surface area contributed by atoms with Gasteiger partial charge in [0.25, 0.3) is 5.56 Å². The first kappa shape index (κ1) is 15.0. The van der Waals surface area contributed by atoms with Gasteiger partial charge in [-0.1, -0.05) is 26.8 Å². The summed E-state index contributed by atoms with van der Waals surface area (Å²) in [5.41, 5.74) is 1.58. The molecule has 0 aliphatic heterocycles. The predicted molar refractivity (Wildman–Crippen MR) is 74.3 cm³/mol. The largest absolute Gasteiger partial charge is 0.312 e. The molecule has 1 aromatic heterocycles. The van der Waals surface area contributed by atoms with E-state index < -0.39 is 5.24 Å². The highest BCUT2D eigenvalue weighted by atomic mass is 35.5. The maximum atomic E-state index is 12.3. The number of hydrogen-bond acceptors (Lipinski definition) is 2. The second kappa shape index (κ2) is 5.70. The molecule has 0 fully saturated rings. The van der Waals surface area contributed by atoms with Crippen LogP contribution >= 0.6 is 11.6 Å². The number of rotatable bonds is 4. The van der Waals surface area contributed by atoms with E-state index in [1.807, 2.05) is 19.1 Å². The number of aryl methyl sites for hydroxylation is 1. The third-order valence-corrected chi connectivity index (χ3v) is 3.12. The van der Waals surface area contributed by atoms with Gasteiger partial charge in [0, 0.05) is 29.6 Å². The van der Waals surface area contributed by atoms with Crippen LogP contribution in [-0.4, -0.2) is 9.81 Å². The Kier molecular flexibility index (Phi) is 4.74. The van der Waals surface area contributed by atoms with Gasteiger partial charge in [0.15, 0.2) is 0 Å². The van der Waals surface area contributed by atoms with Crippen molar-refractivity contribution in [3.63, 3.8) is 0 Å². The molecule has 0 aliphatic rings. The maximum absolute atomic E-state index is 12.3. The Morgan fingerprint density at radius 1 is 1.33 bits per heavy atom. The first-order valence-electron chi connectivity index (χ1n) is 6.19. The minimum Gasteiger partial charge on any atom is -0.312 e. The highest BCUT2D eigenvalue weighted by Crippen LogP contribution is 2.21. The van der Waals surface area contributed by atoms with Crippen molar-refractivity contribution in [2.75, 3.05) is 0 Å². The zero-order chi connectivity index (χ0) is 13.9. The van der Waals surface area contributed by atoms with E-state index in [0.717, 1.165) is 5.69 Å². The van der Waals surface area contributed by atoms with E-state index in [1.165, 1.54) is 0 Å². The third kappa shape index (κ3) is 3.45.